The van der Waals surface area contributed by atoms with Crippen molar-refractivity contribution in [1.29, 1.82) is 0 Å². The van der Waals surface area contributed by atoms with Crippen LogP contribution < -0.4 is 5.73 Å². The third-order valence-electron chi connectivity index (χ3n) is 3.76. The van der Waals surface area contributed by atoms with Gasteiger partial charge in [0.2, 0.25) is 0 Å². The van der Waals surface area contributed by atoms with Crippen molar-refractivity contribution < 1.29 is 5.21 Å². The largest absolute Gasteiger partial charge is 0.409 e. The van der Waals surface area contributed by atoms with Crippen molar-refractivity contribution in [2.75, 3.05) is 33.7 Å². The number of hydrogen-bond donors (Lipinski definition) is 2. The lowest BCUT2D eigenvalue weighted by Crippen LogP contribution is -2.45. The molecule has 3 N–H and O–H groups in total. The van der Waals surface area contributed by atoms with E-state index in [1.807, 2.05) is 0 Å². The Morgan fingerprint density at radius 2 is 2.12 bits per heavy atom. The number of hydrogen-bond acceptors (Lipinski definition) is 4. The van der Waals surface area contributed by atoms with Crippen LogP contribution in [0.3, 0.4) is 0 Å². The second-order valence-electron chi connectivity index (χ2n) is 5.14. The summed E-state index contributed by atoms with van der Waals surface area (Å²) in [5.41, 5.74) is 5.71. The quantitative estimate of drug-likeness (QED) is 0.324. The molecule has 1 aliphatic rings. The highest BCUT2D eigenvalue weighted by atomic mass is 16.4. The van der Waals surface area contributed by atoms with E-state index in [0.717, 1.165) is 18.9 Å². The van der Waals surface area contributed by atoms with E-state index >= 15 is 0 Å². The molecular weight excluding hydrogens is 216 g/mol. The molecule has 0 saturated carbocycles. The Bertz CT molecular complexity index is 249. The van der Waals surface area contributed by atoms with Crippen molar-refractivity contribution >= 4 is 5.84 Å². The summed E-state index contributed by atoms with van der Waals surface area (Å²) in [4.78, 5) is 4.59. The molecule has 1 atom stereocenters. The van der Waals surface area contributed by atoms with Gasteiger partial charge in [0.05, 0.1) is 6.04 Å². The second-order valence-corrected chi connectivity index (χ2v) is 5.14. The minimum Gasteiger partial charge on any atom is -0.409 e. The van der Waals surface area contributed by atoms with Crippen molar-refractivity contribution in [3.8, 4) is 0 Å². The number of oxime groups is 1. The van der Waals surface area contributed by atoms with Gasteiger partial charge in [-0.3, -0.25) is 4.90 Å². The third-order valence-corrected chi connectivity index (χ3v) is 3.76. The van der Waals surface area contributed by atoms with Crippen molar-refractivity contribution in [2.24, 2.45) is 16.8 Å². The summed E-state index contributed by atoms with van der Waals surface area (Å²) in [5.74, 6) is 1.06. The monoisotopic (exact) mass is 242 g/mol. The van der Waals surface area contributed by atoms with Gasteiger partial charge in [0, 0.05) is 6.54 Å². The molecule has 1 rings (SSSR count). The lowest BCUT2D eigenvalue weighted by Gasteiger charge is -2.34. The molecule has 1 unspecified atom stereocenters. The Hall–Kier alpha value is -0.810. The predicted octanol–water partition coefficient (Wildman–Crippen LogP) is 0.785. The zero-order valence-electron chi connectivity index (χ0n) is 11.3. The fourth-order valence-electron chi connectivity index (χ4n) is 2.59. The molecule has 0 aromatic heterocycles. The maximum absolute atomic E-state index is 8.76. The van der Waals surface area contributed by atoms with Crippen LogP contribution in [0.15, 0.2) is 5.16 Å². The van der Waals surface area contributed by atoms with E-state index in [1.165, 1.54) is 25.9 Å². The van der Waals surface area contributed by atoms with Crippen LogP contribution >= 0.6 is 0 Å². The molecule has 0 bridgehead atoms. The summed E-state index contributed by atoms with van der Waals surface area (Å²) >= 11 is 0. The zero-order valence-corrected chi connectivity index (χ0v) is 11.3. The van der Waals surface area contributed by atoms with Crippen LogP contribution in [-0.4, -0.2) is 60.6 Å². The highest BCUT2D eigenvalue weighted by Gasteiger charge is 2.23. The van der Waals surface area contributed by atoms with Crippen molar-refractivity contribution in [3.63, 3.8) is 0 Å². The summed E-state index contributed by atoms with van der Waals surface area (Å²) < 4.78 is 0. The number of likely N-dealkylation sites (tertiary alicyclic amines) is 1. The van der Waals surface area contributed by atoms with E-state index in [-0.39, 0.29) is 6.04 Å². The van der Waals surface area contributed by atoms with E-state index in [4.69, 9.17) is 10.9 Å². The van der Waals surface area contributed by atoms with Gasteiger partial charge < -0.3 is 15.8 Å². The molecular formula is C12H26N4O. The Kier molecular flexibility index (Phi) is 5.71. The first-order valence-electron chi connectivity index (χ1n) is 6.44. The van der Waals surface area contributed by atoms with Gasteiger partial charge in [0.25, 0.3) is 0 Å². The second kappa shape index (κ2) is 6.81. The van der Waals surface area contributed by atoms with Crippen molar-refractivity contribution in [1.82, 2.24) is 9.80 Å². The minimum absolute atomic E-state index is 0.0552. The normalized spacial score (nSPS) is 22.0. The standard InChI is InChI=1S/C12H26N4O/c1-4-11(12(13)14-17)16(3)9-10-5-7-15(2)8-6-10/h10-11,17H,4-9H2,1-3H3,(H2,13,14). The summed E-state index contributed by atoms with van der Waals surface area (Å²) in [7, 11) is 4.23. The smallest absolute Gasteiger partial charge is 0.156 e. The molecule has 1 heterocycles. The van der Waals surface area contributed by atoms with Crippen LogP contribution in [0.5, 0.6) is 0 Å². The molecule has 0 aromatic rings. The Labute approximate surface area is 104 Å². The van der Waals surface area contributed by atoms with Crippen LogP contribution in [0.4, 0.5) is 0 Å². The van der Waals surface area contributed by atoms with Gasteiger partial charge >= 0.3 is 0 Å². The van der Waals surface area contributed by atoms with Crippen LogP contribution in [0.2, 0.25) is 0 Å². The van der Waals surface area contributed by atoms with Gasteiger partial charge in [-0.05, 0) is 52.4 Å². The molecule has 1 fully saturated rings. The number of likely N-dealkylation sites (N-methyl/N-ethyl adjacent to an activating group) is 1. The average molecular weight is 242 g/mol. The highest BCUT2D eigenvalue weighted by Crippen LogP contribution is 2.18. The van der Waals surface area contributed by atoms with Crippen molar-refractivity contribution in [2.45, 2.75) is 32.2 Å². The molecule has 100 valence electrons. The molecule has 0 radical (unpaired) electrons. The summed E-state index contributed by atoms with van der Waals surface area (Å²) in [5, 5.41) is 11.9. The third kappa shape index (κ3) is 4.16. The number of piperidine rings is 1. The average Bonchev–Trinajstić information content (AvgIpc) is 2.32. The maximum atomic E-state index is 8.76. The van der Waals surface area contributed by atoms with E-state index in [0.29, 0.717) is 5.84 Å². The number of rotatable bonds is 5. The van der Waals surface area contributed by atoms with Crippen LogP contribution in [0, 0.1) is 5.92 Å². The lowest BCUT2D eigenvalue weighted by molar-refractivity contribution is 0.163. The van der Waals surface area contributed by atoms with E-state index < -0.39 is 0 Å². The molecule has 0 aromatic carbocycles. The molecule has 1 aliphatic heterocycles. The van der Waals surface area contributed by atoms with Gasteiger partial charge in [-0.15, -0.1) is 0 Å². The molecule has 5 nitrogen and oxygen atoms in total. The Morgan fingerprint density at radius 3 is 2.59 bits per heavy atom. The van der Waals surface area contributed by atoms with Crippen LogP contribution in [0.25, 0.3) is 0 Å². The Morgan fingerprint density at radius 1 is 1.53 bits per heavy atom. The first-order chi connectivity index (χ1) is 8.08. The van der Waals surface area contributed by atoms with Gasteiger partial charge in [-0.1, -0.05) is 12.1 Å². The molecule has 0 spiro atoms. The molecule has 1 saturated heterocycles. The summed E-state index contributed by atoms with van der Waals surface area (Å²) in [6, 6.07) is 0.0552. The molecule has 5 heteroatoms. The first kappa shape index (κ1) is 14.3. The Balaban J connectivity index is 2.44. The summed E-state index contributed by atoms with van der Waals surface area (Å²) in [6.07, 6.45) is 3.36. The fraction of sp³-hybridized carbons (Fsp3) is 0.917. The lowest BCUT2D eigenvalue weighted by atomic mass is 9.96. The molecule has 0 aliphatic carbocycles. The van der Waals surface area contributed by atoms with Gasteiger partial charge in [0.15, 0.2) is 5.84 Å². The number of amidine groups is 1. The van der Waals surface area contributed by atoms with Gasteiger partial charge in [-0.25, -0.2) is 0 Å². The van der Waals surface area contributed by atoms with E-state index in [2.05, 4.69) is 36.0 Å². The van der Waals surface area contributed by atoms with Crippen LogP contribution in [-0.2, 0) is 0 Å². The van der Waals surface area contributed by atoms with E-state index in [9.17, 15) is 0 Å². The molecule has 0 amide bonds. The molecule has 17 heavy (non-hydrogen) atoms. The predicted molar refractivity (Wildman–Crippen MR) is 70.3 cm³/mol. The first-order valence-corrected chi connectivity index (χ1v) is 6.44. The maximum Gasteiger partial charge on any atom is 0.156 e. The topological polar surface area (TPSA) is 65.1 Å². The summed E-state index contributed by atoms with van der Waals surface area (Å²) in [6.45, 7) is 5.45. The van der Waals surface area contributed by atoms with Gasteiger partial charge in [0.1, 0.15) is 0 Å². The van der Waals surface area contributed by atoms with E-state index in [1.54, 1.807) is 0 Å². The van der Waals surface area contributed by atoms with Crippen LogP contribution in [0.1, 0.15) is 26.2 Å². The zero-order chi connectivity index (χ0) is 12.8. The minimum atomic E-state index is 0.0552. The number of nitrogens with zero attached hydrogens (tertiary/aromatic N) is 3. The van der Waals surface area contributed by atoms with Crippen molar-refractivity contribution in [3.05, 3.63) is 0 Å². The SMILES string of the molecule is CCC(C(N)=NO)N(C)CC1CCN(C)CC1. The highest BCUT2D eigenvalue weighted by molar-refractivity contribution is 5.85. The van der Waals surface area contributed by atoms with Gasteiger partial charge in [-0.2, -0.15) is 0 Å². The number of nitrogens with two attached hydrogens (primary N) is 1. The fourth-order valence-corrected chi connectivity index (χ4v) is 2.59.